The molecule has 0 aliphatic heterocycles. The Morgan fingerprint density at radius 2 is 2.13 bits per heavy atom. The SMILES string of the molecule is COc1ccc(C2CC(NC(=O)c3cncc(Cl)c3)C2)cc1F. The van der Waals surface area contributed by atoms with Gasteiger partial charge in [-0.25, -0.2) is 4.39 Å². The summed E-state index contributed by atoms with van der Waals surface area (Å²) in [4.78, 5) is 16.0. The number of nitrogens with one attached hydrogen (secondary N) is 1. The van der Waals surface area contributed by atoms with Crippen LogP contribution in [0.3, 0.4) is 0 Å². The molecule has 1 aliphatic rings. The number of hydrogen-bond acceptors (Lipinski definition) is 3. The number of ether oxygens (including phenoxy) is 1. The number of hydrogen-bond donors (Lipinski definition) is 1. The van der Waals surface area contributed by atoms with Crippen LogP contribution < -0.4 is 10.1 Å². The van der Waals surface area contributed by atoms with Crippen LogP contribution in [0, 0.1) is 5.82 Å². The zero-order chi connectivity index (χ0) is 16.4. The van der Waals surface area contributed by atoms with Crippen LogP contribution in [0.5, 0.6) is 5.75 Å². The van der Waals surface area contributed by atoms with Crippen molar-refractivity contribution in [2.24, 2.45) is 0 Å². The summed E-state index contributed by atoms with van der Waals surface area (Å²) in [5.41, 5.74) is 1.37. The molecule has 1 amide bonds. The van der Waals surface area contributed by atoms with Crippen LogP contribution in [0.15, 0.2) is 36.7 Å². The zero-order valence-corrected chi connectivity index (χ0v) is 13.3. The first-order chi connectivity index (χ1) is 11.1. The molecule has 120 valence electrons. The van der Waals surface area contributed by atoms with Gasteiger partial charge in [0.1, 0.15) is 0 Å². The van der Waals surface area contributed by atoms with Crippen molar-refractivity contribution in [3.63, 3.8) is 0 Å². The number of amides is 1. The fraction of sp³-hybridized carbons (Fsp3) is 0.294. The maximum atomic E-state index is 13.7. The highest BCUT2D eigenvalue weighted by molar-refractivity contribution is 6.30. The second-order valence-corrected chi connectivity index (χ2v) is 6.06. The van der Waals surface area contributed by atoms with E-state index in [0.717, 1.165) is 18.4 Å². The van der Waals surface area contributed by atoms with Crippen molar-refractivity contribution >= 4 is 17.5 Å². The average Bonchev–Trinajstić information content (AvgIpc) is 2.50. The fourth-order valence-corrected chi connectivity index (χ4v) is 2.92. The summed E-state index contributed by atoms with van der Waals surface area (Å²) < 4.78 is 18.6. The minimum atomic E-state index is -0.359. The van der Waals surface area contributed by atoms with E-state index < -0.39 is 0 Å². The molecule has 0 unspecified atom stereocenters. The summed E-state index contributed by atoms with van der Waals surface area (Å²) >= 11 is 5.83. The van der Waals surface area contributed by atoms with E-state index in [1.165, 1.54) is 25.6 Å². The normalized spacial score (nSPS) is 19.8. The lowest BCUT2D eigenvalue weighted by atomic mass is 9.75. The van der Waals surface area contributed by atoms with Gasteiger partial charge in [0.05, 0.1) is 17.7 Å². The third-order valence-electron chi connectivity index (χ3n) is 4.09. The quantitative estimate of drug-likeness (QED) is 0.930. The number of methoxy groups -OCH3 is 1. The van der Waals surface area contributed by atoms with E-state index in [4.69, 9.17) is 16.3 Å². The minimum absolute atomic E-state index is 0.0802. The van der Waals surface area contributed by atoms with Gasteiger partial charge in [0.25, 0.3) is 5.91 Å². The molecule has 1 aliphatic carbocycles. The molecule has 1 heterocycles. The monoisotopic (exact) mass is 334 g/mol. The highest BCUT2D eigenvalue weighted by atomic mass is 35.5. The number of carbonyl (C=O) groups is 1. The molecule has 1 aromatic carbocycles. The Bertz CT molecular complexity index is 732. The Morgan fingerprint density at radius 3 is 2.78 bits per heavy atom. The third-order valence-corrected chi connectivity index (χ3v) is 4.29. The van der Waals surface area contributed by atoms with Crippen molar-refractivity contribution in [1.82, 2.24) is 10.3 Å². The Hall–Kier alpha value is -2.14. The number of aromatic nitrogens is 1. The van der Waals surface area contributed by atoms with E-state index in [1.807, 2.05) is 6.07 Å². The van der Waals surface area contributed by atoms with Crippen LogP contribution in [0.2, 0.25) is 5.02 Å². The van der Waals surface area contributed by atoms with Gasteiger partial charge in [-0.2, -0.15) is 0 Å². The number of nitrogens with zero attached hydrogens (tertiary/aromatic N) is 1. The molecule has 0 radical (unpaired) electrons. The van der Waals surface area contributed by atoms with Crippen LogP contribution >= 0.6 is 11.6 Å². The maximum absolute atomic E-state index is 13.7. The Labute approximate surface area is 138 Å². The largest absolute Gasteiger partial charge is 0.494 e. The predicted molar refractivity (Wildman–Crippen MR) is 85.4 cm³/mol. The molecule has 6 heteroatoms. The average molecular weight is 335 g/mol. The van der Waals surface area contributed by atoms with E-state index in [1.54, 1.807) is 12.1 Å². The number of carbonyl (C=O) groups excluding carboxylic acids is 1. The first-order valence-electron chi connectivity index (χ1n) is 7.31. The van der Waals surface area contributed by atoms with Gasteiger partial charge in [-0.3, -0.25) is 9.78 Å². The van der Waals surface area contributed by atoms with Crippen LogP contribution in [-0.2, 0) is 0 Å². The lowest BCUT2D eigenvalue weighted by Gasteiger charge is -2.36. The van der Waals surface area contributed by atoms with Gasteiger partial charge in [0, 0.05) is 18.4 Å². The van der Waals surface area contributed by atoms with Crippen LogP contribution in [0.4, 0.5) is 4.39 Å². The summed E-state index contributed by atoms with van der Waals surface area (Å²) in [5, 5.41) is 3.37. The molecule has 23 heavy (non-hydrogen) atoms. The summed E-state index contributed by atoms with van der Waals surface area (Å²) in [7, 11) is 1.44. The summed E-state index contributed by atoms with van der Waals surface area (Å²) in [6.07, 6.45) is 4.53. The second kappa shape index (κ2) is 6.54. The second-order valence-electron chi connectivity index (χ2n) is 5.62. The Kier molecular flexibility index (Phi) is 4.48. The van der Waals surface area contributed by atoms with Crippen molar-refractivity contribution < 1.29 is 13.9 Å². The molecule has 1 aromatic heterocycles. The van der Waals surface area contributed by atoms with Crippen molar-refractivity contribution in [2.45, 2.75) is 24.8 Å². The zero-order valence-electron chi connectivity index (χ0n) is 12.6. The van der Waals surface area contributed by atoms with Gasteiger partial charge in [0.15, 0.2) is 11.6 Å². The molecule has 0 atom stereocenters. The highest BCUT2D eigenvalue weighted by Gasteiger charge is 2.32. The minimum Gasteiger partial charge on any atom is -0.494 e. The standard InChI is InChI=1S/C17H16ClFN2O2/c1-23-16-3-2-10(7-15(16)19)11-5-14(6-11)21-17(22)12-4-13(18)9-20-8-12/h2-4,7-9,11,14H,5-6H2,1H3,(H,21,22). The van der Waals surface area contributed by atoms with E-state index in [-0.39, 0.29) is 29.4 Å². The molecular formula is C17H16ClFN2O2. The predicted octanol–water partition coefficient (Wildman–Crippen LogP) is 3.56. The lowest BCUT2D eigenvalue weighted by molar-refractivity contribution is 0.0908. The van der Waals surface area contributed by atoms with Gasteiger partial charge in [-0.1, -0.05) is 17.7 Å². The number of halogens is 2. The Balaban J connectivity index is 1.57. The Morgan fingerprint density at radius 1 is 1.35 bits per heavy atom. The molecule has 0 saturated heterocycles. The van der Waals surface area contributed by atoms with Crippen molar-refractivity contribution in [2.75, 3.05) is 7.11 Å². The first kappa shape index (κ1) is 15.7. The van der Waals surface area contributed by atoms with E-state index >= 15 is 0 Å². The summed E-state index contributed by atoms with van der Waals surface area (Å²) in [6.45, 7) is 0. The molecule has 4 nitrogen and oxygen atoms in total. The van der Waals surface area contributed by atoms with E-state index in [9.17, 15) is 9.18 Å². The van der Waals surface area contributed by atoms with Crippen LogP contribution in [0.1, 0.15) is 34.7 Å². The van der Waals surface area contributed by atoms with Crippen molar-refractivity contribution in [3.8, 4) is 5.75 Å². The molecular weight excluding hydrogens is 319 g/mol. The fourth-order valence-electron chi connectivity index (χ4n) is 2.75. The van der Waals surface area contributed by atoms with Crippen LogP contribution in [0.25, 0.3) is 0 Å². The maximum Gasteiger partial charge on any atom is 0.253 e. The summed E-state index contributed by atoms with van der Waals surface area (Å²) in [6, 6.07) is 6.66. The topological polar surface area (TPSA) is 51.2 Å². The molecule has 1 saturated carbocycles. The molecule has 3 rings (SSSR count). The van der Waals surface area contributed by atoms with Gasteiger partial charge >= 0.3 is 0 Å². The highest BCUT2D eigenvalue weighted by Crippen LogP contribution is 2.38. The summed E-state index contributed by atoms with van der Waals surface area (Å²) in [5.74, 6) is -0.0589. The third kappa shape index (κ3) is 3.45. The number of benzene rings is 1. The molecule has 1 N–H and O–H groups in total. The number of rotatable bonds is 4. The van der Waals surface area contributed by atoms with E-state index in [2.05, 4.69) is 10.3 Å². The smallest absolute Gasteiger partial charge is 0.253 e. The van der Waals surface area contributed by atoms with Crippen molar-refractivity contribution in [3.05, 3.63) is 58.6 Å². The first-order valence-corrected chi connectivity index (χ1v) is 7.69. The van der Waals surface area contributed by atoms with Gasteiger partial charge in [-0.05, 0) is 42.5 Å². The molecule has 1 fully saturated rings. The van der Waals surface area contributed by atoms with Crippen LogP contribution in [-0.4, -0.2) is 24.0 Å². The van der Waals surface area contributed by atoms with E-state index in [0.29, 0.717) is 10.6 Å². The van der Waals surface area contributed by atoms with Gasteiger partial charge in [0.2, 0.25) is 0 Å². The lowest BCUT2D eigenvalue weighted by Crippen LogP contribution is -2.43. The van der Waals surface area contributed by atoms with Gasteiger partial charge in [-0.15, -0.1) is 0 Å². The molecule has 0 bridgehead atoms. The number of pyridine rings is 1. The molecule has 2 aromatic rings. The molecule has 0 spiro atoms. The van der Waals surface area contributed by atoms with Gasteiger partial charge < -0.3 is 10.1 Å². The van der Waals surface area contributed by atoms with Crippen molar-refractivity contribution in [1.29, 1.82) is 0 Å².